The number of piperidine rings is 1. The molecule has 0 radical (unpaired) electrons. The Morgan fingerprint density at radius 2 is 1.78 bits per heavy atom. The van der Waals surface area contributed by atoms with E-state index in [0.29, 0.717) is 12.2 Å². The standard InChI is InChI=1S/C19H22N2O2/c22-19(16-9-5-2-6-10-16)21-17-11-12-20-13-18(17)23-14-15-7-3-1-4-8-15/h1-10,17-18,20H,11-14H2,(H,21,22)/t17-,18+/m1/s1. The number of ether oxygens (including phenoxy) is 1. The molecule has 0 spiro atoms. The molecular weight excluding hydrogens is 288 g/mol. The highest BCUT2D eigenvalue weighted by molar-refractivity contribution is 5.94. The van der Waals surface area contributed by atoms with Gasteiger partial charge in [-0.25, -0.2) is 0 Å². The van der Waals surface area contributed by atoms with Crippen LogP contribution in [0.5, 0.6) is 0 Å². The third-order valence-corrected chi connectivity index (χ3v) is 4.09. The predicted octanol–water partition coefficient (Wildman–Crippen LogP) is 2.36. The van der Waals surface area contributed by atoms with Crippen molar-refractivity contribution >= 4 is 5.91 Å². The van der Waals surface area contributed by atoms with Crippen LogP contribution in [0.1, 0.15) is 22.3 Å². The lowest BCUT2D eigenvalue weighted by atomic mass is 10.0. The molecule has 2 atom stereocenters. The molecule has 1 aliphatic rings. The van der Waals surface area contributed by atoms with E-state index >= 15 is 0 Å². The molecule has 23 heavy (non-hydrogen) atoms. The lowest BCUT2D eigenvalue weighted by Crippen LogP contribution is -2.53. The minimum atomic E-state index is -0.0363. The zero-order chi connectivity index (χ0) is 15.9. The maximum Gasteiger partial charge on any atom is 0.251 e. The summed E-state index contributed by atoms with van der Waals surface area (Å²) in [6.07, 6.45) is 0.856. The average Bonchev–Trinajstić information content (AvgIpc) is 2.62. The molecule has 0 unspecified atom stereocenters. The first-order valence-corrected chi connectivity index (χ1v) is 8.05. The van der Waals surface area contributed by atoms with E-state index in [1.54, 1.807) is 0 Å². The smallest absolute Gasteiger partial charge is 0.251 e. The molecule has 120 valence electrons. The second-order valence-electron chi connectivity index (χ2n) is 5.77. The predicted molar refractivity (Wildman–Crippen MR) is 90.2 cm³/mol. The third kappa shape index (κ3) is 4.41. The summed E-state index contributed by atoms with van der Waals surface area (Å²) >= 11 is 0. The Hall–Kier alpha value is -2.17. The highest BCUT2D eigenvalue weighted by Gasteiger charge is 2.27. The van der Waals surface area contributed by atoms with E-state index in [0.717, 1.165) is 25.1 Å². The lowest BCUT2D eigenvalue weighted by Gasteiger charge is -2.32. The summed E-state index contributed by atoms with van der Waals surface area (Å²) in [5.41, 5.74) is 1.83. The van der Waals surface area contributed by atoms with Gasteiger partial charge in [-0.2, -0.15) is 0 Å². The summed E-state index contributed by atoms with van der Waals surface area (Å²) in [5, 5.41) is 6.46. The first-order chi connectivity index (χ1) is 11.3. The van der Waals surface area contributed by atoms with Crippen molar-refractivity contribution < 1.29 is 9.53 Å². The second kappa shape index (κ2) is 7.90. The van der Waals surface area contributed by atoms with Gasteiger partial charge in [0, 0.05) is 12.1 Å². The van der Waals surface area contributed by atoms with Crippen molar-refractivity contribution in [2.24, 2.45) is 0 Å². The largest absolute Gasteiger partial charge is 0.370 e. The van der Waals surface area contributed by atoms with E-state index in [2.05, 4.69) is 10.6 Å². The molecule has 4 heteroatoms. The van der Waals surface area contributed by atoms with E-state index in [9.17, 15) is 4.79 Å². The van der Waals surface area contributed by atoms with Crippen LogP contribution in [0.15, 0.2) is 60.7 Å². The SMILES string of the molecule is O=C(N[C@@H]1CCNC[C@@H]1OCc1ccccc1)c1ccccc1. The maximum atomic E-state index is 12.3. The van der Waals surface area contributed by atoms with E-state index < -0.39 is 0 Å². The maximum absolute atomic E-state index is 12.3. The molecule has 1 heterocycles. The number of hydrogen-bond acceptors (Lipinski definition) is 3. The Balaban J connectivity index is 1.59. The first-order valence-electron chi connectivity index (χ1n) is 8.05. The zero-order valence-electron chi connectivity index (χ0n) is 13.1. The van der Waals surface area contributed by atoms with Crippen molar-refractivity contribution in [1.82, 2.24) is 10.6 Å². The van der Waals surface area contributed by atoms with Gasteiger partial charge in [-0.3, -0.25) is 4.79 Å². The third-order valence-electron chi connectivity index (χ3n) is 4.09. The molecule has 0 aliphatic carbocycles. The van der Waals surface area contributed by atoms with Crippen LogP contribution in [0.3, 0.4) is 0 Å². The lowest BCUT2D eigenvalue weighted by molar-refractivity contribution is 0.00362. The second-order valence-corrected chi connectivity index (χ2v) is 5.77. The van der Waals surface area contributed by atoms with Crippen LogP contribution in [0, 0.1) is 0 Å². The topological polar surface area (TPSA) is 50.4 Å². The molecule has 1 saturated heterocycles. The molecule has 0 aromatic heterocycles. The summed E-state index contributed by atoms with van der Waals surface area (Å²) in [7, 11) is 0. The fourth-order valence-corrected chi connectivity index (χ4v) is 2.79. The first kappa shape index (κ1) is 15.7. The van der Waals surface area contributed by atoms with Crippen molar-refractivity contribution in [2.75, 3.05) is 13.1 Å². The van der Waals surface area contributed by atoms with Gasteiger partial charge in [-0.1, -0.05) is 48.5 Å². The number of amides is 1. The molecule has 3 rings (SSSR count). The van der Waals surface area contributed by atoms with Crippen molar-refractivity contribution in [3.8, 4) is 0 Å². The summed E-state index contributed by atoms with van der Waals surface area (Å²) < 4.78 is 6.04. The van der Waals surface area contributed by atoms with Crippen LogP contribution >= 0.6 is 0 Å². The minimum Gasteiger partial charge on any atom is -0.370 e. The minimum absolute atomic E-state index is 0.0170. The van der Waals surface area contributed by atoms with Gasteiger partial charge in [0.05, 0.1) is 18.8 Å². The summed E-state index contributed by atoms with van der Waals surface area (Å²) in [4.78, 5) is 12.3. The molecule has 0 bridgehead atoms. The van der Waals surface area contributed by atoms with Crippen molar-refractivity contribution in [3.63, 3.8) is 0 Å². The molecule has 2 aromatic rings. The van der Waals surface area contributed by atoms with Crippen LogP contribution in [0.4, 0.5) is 0 Å². The Labute approximate surface area is 136 Å². The van der Waals surface area contributed by atoms with Crippen molar-refractivity contribution in [3.05, 3.63) is 71.8 Å². The fraction of sp³-hybridized carbons (Fsp3) is 0.316. The zero-order valence-corrected chi connectivity index (χ0v) is 13.1. The Morgan fingerprint density at radius 3 is 2.52 bits per heavy atom. The van der Waals surface area contributed by atoms with Crippen LogP contribution in [-0.4, -0.2) is 31.1 Å². The number of carbonyl (C=O) groups excluding carboxylic acids is 1. The number of nitrogens with one attached hydrogen (secondary N) is 2. The van der Waals surface area contributed by atoms with Crippen LogP contribution in [-0.2, 0) is 11.3 Å². The summed E-state index contributed by atoms with van der Waals surface area (Å²) in [5.74, 6) is -0.0363. The van der Waals surface area contributed by atoms with E-state index in [1.165, 1.54) is 0 Å². The van der Waals surface area contributed by atoms with Gasteiger partial charge in [-0.05, 0) is 30.7 Å². The summed E-state index contributed by atoms with van der Waals surface area (Å²) in [6.45, 7) is 2.21. The van der Waals surface area contributed by atoms with Gasteiger partial charge in [0.2, 0.25) is 0 Å². The molecule has 0 saturated carbocycles. The Morgan fingerprint density at radius 1 is 1.09 bits per heavy atom. The van der Waals surface area contributed by atoms with Gasteiger partial charge in [-0.15, -0.1) is 0 Å². The van der Waals surface area contributed by atoms with Gasteiger partial charge >= 0.3 is 0 Å². The fourth-order valence-electron chi connectivity index (χ4n) is 2.79. The van der Waals surface area contributed by atoms with Gasteiger partial charge in [0.15, 0.2) is 0 Å². The van der Waals surface area contributed by atoms with Crippen LogP contribution < -0.4 is 10.6 Å². The molecule has 1 amide bonds. The molecule has 4 nitrogen and oxygen atoms in total. The average molecular weight is 310 g/mol. The molecule has 1 fully saturated rings. The highest BCUT2D eigenvalue weighted by atomic mass is 16.5. The summed E-state index contributed by atoms with van der Waals surface area (Å²) in [6, 6.07) is 19.5. The van der Waals surface area contributed by atoms with Crippen LogP contribution in [0.2, 0.25) is 0 Å². The van der Waals surface area contributed by atoms with Gasteiger partial charge in [0.25, 0.3) is 5.91 Å². The van der Waals surface area contributed by atoms with Crippen molar-refractivity contribution in [2.45, 2.75) is 25.2 Å². The van der Waals surface area contributed by atoms with Gasteiger partial charge < -0.3 is 15.4 Å². The monoisotopic (exact) mass is 310 g/mol. The molecule has 2 N–H and O–H groups in total. The number of benzene rings is 2. The number of rotatable bonds is 5. The van der Waals surface area contributed by atoms with E-state index in [4.69, 9.17) is 4.74 Å². The van der Waals surface area contributed by atoms with E-state index in [-0.39, 0.29) is 18.1 Å². The number of carbonyl (C=O) groups is 1. The molecule has 2 aromatic carbocycles. The highest BCUT2D eigenvalue weighted by Crippen LogP contribution is 2.12. The van der Waals surface area contributed by atoms with Gasteiger partial charge in [0.1, 0.15) is 0 Å². The normalized spacial score (nSPS) is 20.9. The van der Waals surface area contributed by atoms with Crippen molar-refractivity contribution in [1.29, 1.82) is 0 Å². The Bertz CT molecular complexity index is 616. The molecule has 1 aliphatic heterocycles. The number of hydrogen-bond donors (Lipinski definition) is 2. The van der Waals surface area contributed by atoms with Crippen LogP contribution in [0.25, 0.3) is 0 Å². The Kier molecular flexibility index (Phi) is 5.40. The quantitative estimate of drug-likeness (QED) is 0.891. The van der Waals surface area contributed by atoms with E-state index in [1.807, 2.05) is 60.7 Å². The molecular formula is C19H22N2O2.